The van der Waals surface area contributed by atoms with Crippen LogP contribution >= 0.6 is 35.6 Å². The highest BCUT2D eigenvalue weighted by atomic mass is 35.5. The van der Waals surface area contributed by atoms with E-state index in [-0.39, 0.29) is 25.5 Å². The molecule has 2 aromatic carbocycles. The molecule has 160 valence electrons. The van der Waals surface area contributed by atoms with Crippen molar-refractivity contribution in [2.75, 3.05) is 4.90 Å². The first-order valence-electron chi connectivity index (χ1n) is 8.88. The van der Waals surface area contributed by atoms with E-state index in [1.54, 1.807) is 24.3 Å². The van der Waals surface area contributed by atoms with E-state index in [0.29, 0.717) is 22.8 Å². The fraction of sp³-hybridized carbons (Fsp3) is 0. The molecule has 0 saturated carbocycles. The predicted octanol–water partition coefficient (Wildman–Crippen LogP) is 4.28. The van der Waals surface area contributed by atoms with Crippen molar-refractivity contribution >= 4 is 69.2 Å². The number of aromatic carboxylic acids is 1. The third-order valence-electron chi connectivity index (χ3n) is 4.46. The summed E-state index contributed by atoms with van der Waals surface area (Å²) in [6, 6.07) is 13.2. The topological polar surface area (TPSA) is 117 Å². The predicted molar refractivity (Wildman–Crippen MR) is 122 cm³/mol. The number of furan rings is 1. The molecule has 1 saturated heterocycles. The van der Waals surface area contributed by atoms with Gasteiger partial charge in [0.2, 0.25) is 0 Å². The summed E-state index contributed by atoms with van der Waals surface area (Å²) < 4.78 is 5.96. The molecule has 0 spiro atoms. The molecule has 0 aliphatic carbocycles. The zero-order valence-electron chi connectivity index (χ0n) is 15.8. The molecule has 3 aromatic rings. The van der Waals surface area contributed by atoms with E-state index in [9.17, 15) is 24.8 Å². The van der Waals surface area contributed by atoms with Crippen molar-refractivity contribution in [2.24, 2.45) is 0 Å². The van der Waals surface area contributed by atoms with Crippen molar-refractivity contribution in [1.82, 2.24) is 0 Å². The molecule has 2 heterocycles. The Morgan fingerprint density at radius 3 is 2.69 bits per heavy atom. The van der Waals surface area contributed by atoms with Crippen molar-refractivity contribution in [2.45, 2.75) is 0 Å². The number of hydrogen-bond acceptors (Lipinski definition) is 8. The number of nitro groups is 1. The van der Waals surface area contributed by atoms with Gasteiger partial charge in [-0.1, -0.05) is 41.6 Å². The number of carbonyl (C=O) groups is 2. The number of thioether (sulfide) groups is 1. The van der Waals surface area contributed by atoms with E-state index in [4.69, 9.17) is 28.2 Å². The van der Waals surface area contributed by atoms with Crippen LogP contribution in [0.1, 0.15) is 16.1 Å². The maximum absolute atomic E-state index is 12.9. The van der Waals surface area contributed by atoms with Crippen molar-refractivity contribution < 1.29 is 24.0 Å². The highest BCUT2D eigenvalue weighted by Crippen LogP contribution is 2.37. The third-order valence-corrected chi connectivity index (χ3v) is 6.10. The fourth-order valence-corrected chi connectivity index (χ4v) is 4.46. The van der Waals surface area contributed by atoms with Crippen molar-refractivity contribution in [3.05, 3.63) is 86.0 Å². The molecule has 1 aliphatic heterocycles. The van der Waals surface area contributed by atoms with Gasteiger partial charge in [0.05, 0.1) is 21.5 Å². The largest absolute Gasteiger partial charge is 0.545 e. The number of anilines is 1. The quantitative estimate of drug-likeness (QED) is 0.227. The standard InChI is InChI=1S/C21H11ClN2O6S2/c22-16-6-4-11(8-15(16)20(26)27)17-7-5-14(30-17)10-18-19(25)23(21(31)32-18)12-2-1-3-13(9-12)24(28)29/h1-10H,(H,26,27)/p-1/b18-10-. The van der Waals surface area contributed by atoms with Gasteiger partial charge in [-0.3, -0.25) is 19.8 Å². The van der Waals surface area contributed by atoms with Crippen molar-refractivity contribution in [3.8, 4) is 11.3 Å². The van der Waals surface area contributed by atoms with Gasteiger partial charge in [-0.25, -0.2) is 0 Å². The summed E-state index contributed by atoms with van der Waals surface area (Å²) in [5.41, 5.74) is 0.439. The summed E-state index contributed by atoms with van der Waals surface area (Å²) in [7, 11) is 0. The normalized spacial score (nSPS) is 14.9. The number of amides is 1. The van der Waals surface area contributed by atoms with Gasteiger partial charge in [-0.05, 0) is 36.4 Å². The van der Waals surface area contributed by atoms with Crippen LogP contribution in [-0.4, -0.2) is 21.1 Å². The fourth-order valence-electron chi connectivity index (χ4n) is 2.99. The molecule has 1 amide bonds. The number of carboxylic acids is 1. The number of nitrogens with zero attached hydrogens (tertiary/aromatic N) is 2. The lowest BCUT2D eigenvalue weighted by Crippen LogP contribution is -2.27. The summed E-state index contributed by atoms with van der Waals surface area (Å²) in [5, 5.41) is 22.3. The van der Waals surface area contributed by atoms with Crippen LogP contribution in [0.5, 0.6) is 0 Å². The third kappa shape index (κ3) is 4.15. The highest BCUT2D eigenvalue weighted by Gasteiger charge is 2.34. The van der Waals surface area contributed by atoms with Crippen LogP contribution in [0.2, 0.25) is 5.02 Å². The maximum atomic E-state index is 12.9. The van der Waals surface area contributed by atoms with Crippen LogP contribution < -0.4 is 10.0 Å². The molecule has 1 aromatic heterocycles. The Labute approximate surface area is 195 Å². The number of carbonyl (C=O) groups excluding carboxylic acids is 2. The molecular formula is C21H10ClN2O6S2-. The first-order chi connectivity index (χ1) is 15.2. The van der Waals surface area contributed by atoms with Gasteiger partial charge in [0, 0.05) is 34.4 Å². The van der Waals surface area contributed by atoms with E-state index in [1.807, 2.05) is 0 Å². The second kappa shape index (κ2) is 8.58. The van der Waals surface area contributed by atoms with Crippen LogP contribution in [-0.2, 0) is 4.79 Å². The average Bonchev–Trinajstić information content (AvgIpc) is 3.32. The molecule has 0 radical (unpaired) electrons. The smallest absolute Gasteiger partial charge is 0.271 e. The van der Waals surface area contributed by atoms with E-state index in [2.05, 4.69) is 0 Å². The molecule has 32 heavy (non-hydrogen) atoms. The van der Waals surface area contributed by atoms with Crippen LogP contribution in [0.25, 0.3) is 17.4 Å². The Balaban J connectivity index is 1.62. The monoisotopic (exact) mass is 485 g/mol. The Kier molecular flexibility index (Phi) is 5.83. The molecule has 1 aliphatic rings. The second-order valence-electron chi connectivity index (χ2n) is 6.48. The van der Waals surface area contributed by atoms with Gasteiger partial charge in [0.15, 0.2) is 4.32 Å². The van der Waals surface area contributed by atoms with Crippen LogP contribution in [0.4, 0.5) is 11.4 Å². The Hall–Kier alpha value is -3.47. The first kappa shape index (κ1) is 21.8. The Morgan fingerprint density at radius 1 is 1.19 bits per heavy atom. The van der Waals surface area contributed by atoms with Gasteiger partial charge in [-0.2, -0.15) is 0 Å². The zero-order chi connectivity index (χ0) is 23.0. The number of nitro benzene ring substituents is 1. The van der Waals surface area contributed by atoms with E-state index in [1.165, 1.54) is 41.3 Å². The van der Waals surface area contributed by atoms with Crippen LogP contribution in [0, 0.1) is 10.1 Å². The molecule has 0 atom stereocenters. The van der Waals surface area contributed by atoms with Gasteiger partial charge in [-0.15, -0.1) is 0 Å². The minimum atomic E-state index is -1.41. The first-order valence-corrected chi connectivity index (χ1v) is 10.5. The lowest BCUT2D eigenvalue weighted by Gasteiger charge is -2.13. The molecule has 0 N–H and O–H groups in total. The van der Waals surface area contributed by atoms with Crippen LogP contribution in [0.15, 0.2) is 63.9 Å². The molecule has 8 nitrogen and oxygen atoms in total. The number of hydrogen-bond donors (Lipinski definition) is 0. The summed E-state index contributed by atoms with van der Waals surface area (Å²) >= 11 is 12.2. The van der Waals surface area contributed by atoms with Gasteiger partial charge >= 0.3 is 0 Å². The SMILES string of the molecule is O=C([O-])c1cc(-c2ccc(/C=C3\SC(=S)N(c4cccc([N+](=O)[O-])c4)C3=O)o2)ccc1Cl. The molecule has 4 rings (SSSR count). The second-order valence-corrected chi connectivity index (χ2v) is 8.56. The average molecular weight is 486 g/mol. The Morgan fingerprint density at radius 2 is 1.97 bits per heavy atom. The summed E-state index contributed by atoms with van der Waals surface area (Å²) in [6.07, 6.45) is 1.50. The summed E-state index contributed by atoms with van der Waals surface area (Å²) in [6.45, 7) is 0. The summed E-state index contributed by atoms with van der Waals surface area (Å²) in [4.78, 5) is 36.0. The van der Waals surface area contributed by atoms with E-state index >= 15 is 0 Å². The van der Waals surface area contributed by atoms with E-state index in [0.717, 1.165) is 11.8 Å². The van der Waals surface area contributed by atoms with Gasteiger partial charge in [0.25, 0.3) is 11.6 Å². The van der Waals surface area contributed by atoms with Gasteiger partial charge in [0.1, 0.15) is 11.5 Å². The van der Waals surface area contributed by atoms with Gasteiger partial charge < -0.3 is 14.3 Å². The molecule has 11 heteroatoms. The lowest BCUT2D eigenvalue weighted by molar-refractivity contribution is -0.384. The number of thiocarbonyl (C=S) groups is 1. The number of rotatable bonds is 5. The molecule has 0 unspecified atom stereocenters. The highest BCUT2D eigenvalue weighted by molar-refractivity contribution is 8.27. The van der Waals surface area contributed by atoms with Crippen LogP contribution in [0.3, 0.4) is 0 Å². The van der Waals surface area contributed by atoms with Crippen molar-refractivity contribution in [3.63, 3.8) is 0 Å². The van der Waals surface area contributed by atoms with E-state index < -0.39 is 16.8 Å². The van der Waals surface area contributed by atoms with Crippen molar-refractivity contribution in [1.29, 1.82) is 0 Å². The molecule has 1 fully saturated rings. The minimum absolute atomic E-state index is 0.0466. The minimum Gasteiger partial charge on any atom is -0.545 e. The molecular weight excluding hydrogens is 476 g/mol. The lowest BCUT2D eigenvalue weighted by atomic mass is 10.1. The zero-order valence-corrected chi connectivity index (χ0v) is 18.2. The number of halogens is 1. The maximum Gasteiger partial charge on any atom is 0.271 e. The summed E-state index contributed by atoms with van der Waals surface area (Å²) in [5.74, 6) is -1.15. The molecule has 0 bridgehead atoms. The number of non-ortho nitro benzene ring substituents is 1. The number of benzene rings is 2. The number of carboxylic acid groups (broad SMARTS) is 1. The Bertz CT molecular complexity index is 1330.